The third-order valence-electron chi connectivity index (χ3n) is 2.15. The molecule has 2 nitrogen and oxygen atoms in total. The molecule has 0 aliphatic heterocycles. The molecule has 0 aromatic carbocycles. The molecule has 0 heterocycles. The topological polar surface area (TPSA) is 37.3 Å². The molecule has 0 unspecified atom stereocenters. The van der Waals surface area contributed by atoms with Crippen LogP contribution in [0.25, 0.3) is 0 Å². The van der Waals surface area contributed by atoms with Crippen LogP contribution in [-0.2, 0) is 4.79 Å². The van der Waals surface area contributed by atoms with Gasteiger partial charge in [0.15, 0.2) is 0 Å². The molecule has 74 valence electrons. The molecule has 1 N–H and O–H groups in total. The molecule has 0 aromatic heterocycles. The second-order valence-corrected chi connectivity index (χ2v) is 3.35. The summed E-state index contributed by atoms with van der Waals surface area (Å²) in [6.45, 7) is 11.2. The Labute approximate surface area is 80.0 Å². The van der Waals surface area contributed by atoms with Gasteiger partial charge in [-0.2, -0.15) is 0 Å². The largest absolute Gasteiger partial charge is 0.481 e. The summed E-state index contributed by atoms with van der Waals surface area (Å²) in [5, 5.41) is 8.96. The van der Waals surface area contributed by atoms with Gasteiger partial charge < -0.3 is 5.11 Å². The van der Waals surface area contributed by atoms with Crippen LogP contribution in [0.1, 0.15) is 26.7 Å². The Kier molecular flexibility index (Phi) is 5.12. The average Bonchev–Trinajstić information content (AvgIpc) is 2.02. The van der Waals surface area contributed by atoms with E-state index in [1.165, 1.54) is 0 Å². The van der Waals surface area contributed by atoms with Gasteiger partial charge in [-0.15, -0.1) is 6.58 Å². The average molecular weight is 182 g/mol. The van der Waals surface area contributed by atoms with Gasteiger partial charge in [0.05, 0.1) is 5.92 Å². The fraction of sp³-hybridized carbons (Fsp3) is 0.545. The van der Waals surface area contributed by atoms with Crippen molar-refractivity contribution in [1.29, 1.82) is 0 Å². The molecule has 0 bridgehead atoms. The highest BCUT2D eigenvalue weighted by Crippen LogP contribution is 2.24. The fourth-order valence-corrected chi connectivity index (χ4v) is 1.51. The van der Waals surface area contributed by atoms with Crippen LogP contribution in [0.2, 0.25) is 0 Å². The molecular weight excluding hydrogens is 164 g/mol. The van der Waals surface area contributed by atoms with Gasteiger partial charge in [-0.25, -0.2) is 0 Å². The zero-order chi connectivity index (χ0) is 10.4. The van der Waals surface area contributed by atoms with Gasteiger partial charge in [-0.3, -0.25) is 4.79 Å². The summed E-state index contributed by atoms with van der Waals surface area (Å²) >= 11 is 0. The van der Waals surface area contributed by atoms with Crippen molar-refractivity contribution in [2.45, 2.75) is 26.7 Å². The van der Waals surface area contributed by atoms with Crippen LogP contribution in [0.3, 0.4) is 0 Å². The van der Waals surface area contributed by atoms with Crippen molar-refractivity contribution in [3.8, 4) is 0 Å². The van der Waals surface area contributed by atoms with Gasteiger partial charge in [0.1, 0.15) is 0 Å². The van der Waals surface area contributed by atoms with E-state index in [1.807, 2.05) is 6.92 Å². The SMILES string of the molecule is C=C[C@H](CCC)[C@H](C(=C)C)C(=O)O. The van der Waals surface area contributed by atoms with E-state index in [1.54, 1.807) is 13.0 Å². The molecule has 13 heavy (non-hydrogen) atoms. The van der Waals surface area contributed by atoms with Gasteiger partial charge in [0.2, 0.25) is 0 Å². The standard InChI is InChI=1S/C11H18O2/c1-5-7-9(6-2)10(8(3)4)11(12)13/h6,9-10H,2-3,5,7H2,1,4H3,(H,12,13)/t9-,10+/m1/s1. The number of hydrogen-bond donors (Lipinski definition) is 1. The lowest BCUT2D eigenvalue weighted by molar-refractivity contribution is -0.141. The molecule has 0 rings (SSSR count). The molecule has 0 saturated carbocycles. The molecule has 0 saturated heterocycles. The number of aliphatic carboxylic acids is 1. The predicted octanol–water partition coefficient (Wildman–Crippen LogP) is 2.87. The van der Waals surface area contributed by atoms with Crippen molar-refractivity contribution >= 4 is 5.97 Å². The molecule has 0 fully saturated rings. The summed E-state index contributed by atoms with van der Waals surface area (Å²) in [5.41, 5.74) is 0.700. The lowest BCUT2D eigenvalue weighted by Crippen LogP contribution is -2.22. The predicted molar refractivity (Wildman–Crippen MR) is 54.5 cm³/mol. The summed E-state index contributed by atoms with van der Waals surface area (Å²) in [6, 6.07) is 0. The first-order valence-electron chi connectivity index (χ1n) is 4.55. The Morgan fingerprint density at radius 1 is 1.62 bits per heavy atom. The minimum atomic E-state index is -0.800. The van der Waals surface area contributed by atoms with Crippen LogP contribution >= 0.6 is 0 Å². The fourth-order valence-electron chi connectivity index (χ4n) is 1.51. The van der Waals surface area contributed by atoms with E-state index in [2.05, 4.69) is 13.2 Å². The molecule has 0 spiro atoms. The molecule has 2 heteroatoms. The quantitative estimate of drug-likeness (QED) is 0.641. The normalized spacial score (nSPS) is 14.6. The minimum Gasteiger partial charge on any atom is -0.481 e. The molecule has 2 atom stereocenters. The van der Waals surface area contributed by atoms with Crippen molar-refractivity contribution in [3.63, 3.8) is 0 Å². The number of carboxylic acids is 1. The monoisotopic (exact) mass is 182 g/mol. The molecule has 0 aliphatic carbocycles. The molecule has 0 radical (unpaired) electrons. The highest BCUT2D eigenvalue weighted by atomic mass is 16.4. The Morgan fingerprint density at radius 3 is 2.38 bits per heavy atom. The van der Waals surface area contributed by atoms with Gasteiger partial charge in [0, 0.05) is 0 Å². The highest BCUT2D eigenvalue weighted by Gasteiger charge is 2.25. The minimum absolute atomic E-state index is 0.0139. The Bertz CT molecular complexity index is 192. The molecule has 0 aliphatic rings. The first kappa shape index (κ1) is 11.9. The first-order valence-corrected chi connectivity index (χ1v) is 4.55. The van der Waals surface area contributed by atoms with Gasteiger partial charge >= 0.3 is 5.97 Å². The molecule has 0 amide bonds. The summed E-state index contributed by atoms with van der Waals surface area (Å²) in [6.07, 6.45) is 3.54. The maximum absolute atomic E-state index is 10.9. The van der Waals surface area contributed by atoms with E-state index in [0.717, 1.165) is 12.8 Å². The highest BCUT2D eigenvalue weighted by molar-refractivity contribution is 5.74. The number of allylic oxidation sites excluding steroid dienone is 1. The molecular formula is C11H18O2. The lowest BCUT2D eigenvalue weighted by Gasteiger charge is -2.20. The van der Waals surface area contributed by atoms with Crippen molar-refractivity contribution in [2.24, 2.45) is 11.8 Å². The maximum atomic E-state index is 10.9. The van der Waals surface area contributed by atoms with Crippen molar-refractivity contribution in [2.75, 3.05) is 0 Å². The van der Waals surface area contributed by atoms with Crippen LogP contribution in [0.5, 0.6) is 0 Å². The van der Waals surface area contributed by atoms with Crippen LogP contribution in [0.4, 0.5) is 0 Å². The Hall–Kier alpha value is -1.05. The third-order valence-corrected chi connectivity index (χ3v) is 2.15. The Morgan fingerprint density at radius 2 is 2.15 bits per heavy atom. The van der Waals surface area contributed by atoms with E-state index in [4.69, 9.17) is 5.11 Å². The molecule has 0 aromatic rings. The summed E-state index contributed by atoms with van der Waals surface area (Å²) in [4.78, 5) is 10.9. The lowest BCUT2D eigenvalue weighted by atomic mass is 9.84. The van der Waals surface area contributed by atoms with E-state index in [9.17, 15) is 4.79 Å². The zero-order valence-electron chi connectivity index (χ0n) is 8.42. The van der Waals surface area contributed by atoms with Gasteiger partial charge in [0.25, 0.3) is 0 Å². The zero-order valence-corrected chi connectivity index (χ0v) is 8.42. The van der Waals surface area contributed by atoms with Crippen molar-refractivity contribution in [3.05, 3.63) is 24.8 Å². The summed E-state index contributed by atoms with van der Waals surface area (Å²) in [7, 11) is 0. The number of hydrogen-bond acceptors (Lipinski definition) is 1. The number of carbonyl (C=O) groups is 1. The number of rotatable bonds is 6. The third kappa shape index (κ3) is 3.45. The van der Waals surface area contributed by atoms with E-state index < -0.39 is 11.9 Å². The first-order chi connectivity index (χ1) is 6.04. The van der Waals surface area contributed by atoms with Crippen LogP contribution < -0.4 is 0 Å². The van der Waals surface area contributed by atoms with E-state index in [0.29, 0.717) is 5.57 Å². The smallest absolute Gasteiger partial charge is 0.311 e. The van der Waals surface area contributed by atoms with E-state index >= 15 is 0 Å². The Balaban J connectivity index is 4.58. The summed E-state index contributed by atoms with van der Waals surface area (Å²) < 4.78 is 0. The second-order valence-electron chi connectivity index (χ2n) is 3.35. The maximum Gasteiger partial charge on any atom is 0.311 e. The van der Waals surface area contributed by atoms with Crippen LogP contribution in [0, 0.1) is 11.8 Å². The van der Waals surface area contributed by atoms with Gasteiger partial charge in [-0.05, 0) is 19.3 Å². The van der Waals surface area contributed by atoms with E-state index in [-0.39, 0.29) is 5.92 Å². The second kappa shape index (κ2) is 5.57. The van der Waals surface area contributed by atoms with Crippen molar-refractivity contribution < 1.29 is 9.90 Å². The van der Waals surface area contributed by atoms with Crippen LogP contribution in [0.15, 0.2) is 24.8 Å². The van der Waals surface area contributed by atoms with Crippen molar-refractivity contribution in [1.82, 2.24) is 0 Å². The summed E-state index contributed by atoms with van der Waals surface area (Å²) in [5.74, 6) is -1.26. The number of carboxylic acid groups (broad SMARTS) is 1. The van der Waals surface area contributed by atoms with Crippen LogP contribution in [-0.4, -0.2) is 11.1 Å². The van der Waals surface area contributed by atoms with Gasteiger partial charge in [-0.1, -0.05) is 31.6 Å².